The average Bonchev–Trinajstić information content (AvgIpc) is 2.90. The molecule has 1 amide bonds. The number of nitrogen functional groups attached to an aromatic ring is 1. The zero-order chi connectivity index (χ0) is 14.7. The van der Waals surface area contributed by atoms with E-state index in [1.54, 1.807) is 41.5 Å². The predicted octanol–water partition coefficient (Wildman–Crippen LogP) is 3.69. The number of nitrogens with two attached hydrogens (primary N) is 1. The molecular weight excluding hydrogens is 292 g/mol. The first-order valence-electron chi connectivity index (χ1n) is 6.34. The SMILES string of the molecule is CC(Cc1cccs1)N(C)C(=O)c1c(N)cccc1Cl. The molecule has 0 saturated heterocycles. The largest absolute Gasteiger partial charge is 0.398 e. The highest BCUT2D eigenvalue weighted by atomic mass is 35.5. The number of amides is 1. The molecule has 0 aliphatic heterocycles. The van der Waals surface area contributed by atoms with E-state index in [2.05, 4.69) is 6.07 Å². The summed E-state index contributed by atoms with van der Waals surface area (Å²) in [6, 6.07) is 9.28. The molecule has 20 heavy (non-hydrogen) atoms. The molecule has 0 fully saturated rings. The van der Waals surface area contributed by atoms with Crippen LogP contribution in [0.15, 0.2) is 35.7 Å². The van der Waals surface area contributed by atoms with Crippen LogP contribution in [0.5, 0.6) is 0 Å². The van der Waals surface area contributed by atoms with Gasteiger partial charge in [-0.1, -0.05) is 23.7 Å². The highest BCUT2D eigenvalue weighted by Gasteiger charge is 2.22. The molecule has 0 aliphatic carbocycles. The van der Waals surface area contributed by atoms with Gasteiger partial charge in [0.25, 0.3) is 5.91 Å². The van der Waals surface area contributed by atoms with Crippen LogP contribution >= 0.6 is 22.9 Å². The highest BCUT2D eigenvalue weighted by molar-refractivity contribution is 7.09. The van der Waals surface area contributed by atoms with Crippen molar-refractivity contribution < 1.29 is 4.79 Å². The summed E-state index contributed by atoms with van der Waals surface area (Å²) in [4.78, 5) is 15.5. The van der Waals surface area contributed by atoms with Crippen LogP contribution in [-0.2, 0) is 6.42 Å². The van der Waals surface area contributed by atoms with Crippen molar-refractivity contribution in [1.82, 2.24) is 4.90 Å². The van der Waals surface area contributed by atoms with Gasteiger partial charge in [-0.2, -0.15) is 0 Å². The summed E-state index contributed by atoms with van der Waals surface area (Å²) in [6.45, 7) is 2.02. The molecule has 0 radical (unpaired) electrons. The van der Waals surface area contributed by atoms with E-state index in [1.807, 2.05) is 18.4 Å². The van der Waals surface area contributed by atoms with Crippen molar-refractivity contribution in [1.29, 1.82) is 0 Å². The number of hydrogen-bond acceptors (Lipinski definition) is 3. The number of halogens is 1. The Morgan fingerprint density at radius 1 is 1.40 bits per heavy atom. The Kier molecular flexibility index (Phi) is 4.68. The van der Waals surface area contributed by atoms with Crippen molar-refractivity contribution >= 4 is 34.5 Å². The van der Waals surface area contributed by atoms with Crippen molar-refractivity contribution in [3.8, 4) is 0 Å². The van der Waals surface area contributed by atoms with Crippen LogP contribution in [0.4, 0.5) is 5.69 Å². The van der Waals surface area contributed by atoms with Gasteiger partial charge in [0.2, 0.25) is 0 Å². The van der Waals surface area contributed by atoms with Crippen molar-refractivity contribution in [3.05, 3.63) is 51.2 Å². The predicted molar refractivity (Wildman–Crippen MR) is 85.4 cm³/mol. The molecule has 0 spiro atoms. The van der Waals surface area contributed by atoms with E-state index in [4.69, 9.17) is 17.3 Å². The summed E-state index contributed by atoms with van der Waals surface area (Å²) < 4.78 is 0. The molecule has 5 heteroatoms. The fourth-order valence-corrected chi connectivity index (χ4v) is 3.09. The lowest BCUT2D eigenvalue weighted by Crippen LogP contribution is -2.36. The maximum absolute atomic E-state index is 12.5. The minimum Gasteiger partial charge on any atom is -0.398 e. The molecule has 0 aliphatic rings. The normalized spacial score (nSPS) is 12.2. The van der Waals surface area contributed by atoms with Gasteiger partial charge in [-0.15, -0.1) is 11.3 Å². The smallest absolute Gasteiger partial charge is 0.257 e. The molecule has 2 N–H and O–H groups in total. The number of hydrogen-bond donors (Lipinski definition) is 1. The molecule has 2 rings (SSSR count). The second-order valence-corrected chi connectivity index (χ2v) is 6.19. The van der Waals surface area contributed by atoms with Gasteiger partial charge >= 0.3 is 0 Å². The maximum atomic E-state index is 12.5. The Morgan fingerprint density at radius 2 is 2.15 bits per heavy atom. The zero-order valence-corrected chi connectivity index (χ0v) is 13.0. The molecular formula is C15H17ClN2OS. The first-order chi connectivity index (χ1) is 9.50. The number of likely N-dealkylation sites (N-methyl/N-ethyl adjacent to an activating group) is 1. The lowest BCUT2D eigenvalue weighted by atomic mass is 10.1. The second-order valence-electron chi connectivity index (χ2n) is 4.75. The number of rotatable bonds is 4. The Hall–Kier alpha value is -1.52. The standard InChI is InChI=1S/C15H17ClN2OS/c1-10(9-11-5-4-8-20-11)18(2)15(19)14-12(16)6-3-7-13(14)17/h3-8,10H,9,17H2,1-2H3. The number of nitrogens with zero attached hydrogens (tertiary/aromatic N) is 1. The molecule has 1 aromatic carbocycles. The van der Waals surface area contributed by atoms with Gasteiger partial charge in [0.05, 0.1) is 10.6 Å². The van der Waals surface area contributed by atoms with Crippen LogP contribution in [0, 0.1) is 0 Å². The van der Waals surface area contributed by atoms with Gasteiger partial charge in [0.15, 0.2) is 0 Å². The van der Waals surface area contributed by atoms with E-state index >= 15 is 0 Å². The number of thiophene rings is 1. The minimum absolute atomic E-state index is 0.0804. The fourth-order valence-electron chi connectivity index (χ4n) is 2.00. The molecule has 0 saturated carbocycles. The lowest BCUT2D eigenvalue weighted by Gasteiger charge is -2.25. The summed E-state index contributed by atoms with van der Waals surface area (Å²) in [6.07, 6.45) is 0.824. The van der Waals surface area contributed by atoms with Crippen molar-refractivity contribution in [2.45, 2.75) is 19.4 Å². The first-order valence-corrected chi connectivity index (χ1v) is 7.60. The molecule has 0 bridgehead atoms. The third-order valence-electron chi connectivity index (χ3n) is 3.32. The quantitative estimate of drug-likeness (QED) is 0.876. The van der Waals surface area contributed by atoms with E-state index in [0.717, 1.165) is 6.42 Å². The second kappa shape index (κ2) is 6.29. The van der Waals surface area contributed by atoms with Gasteiger partial charge in [-0.25, -0.2) is 0 Å². The summed E-state index contributed by atoms with van der Waals surface area (Å²) in [5.74, 6) is -0.142. The molecule has 2 aromatic rings. The fraction of sp³-hybridized carbons (Fsp3) is 0.267. The Morgan fingerprint density at radius 3 is 2.75 bits per heavy atom. The van der Waals surface area contributed by atoms with Crippen LogP contribution in [0.2, 0.25) is 5.02 Å². The van der Waals surface area contributed by atoms with Crippen LogP contribution < -0.4 is 5.73 Å². The van der Waals surface area contributed by atoms with Crippen molar-refractivity contribution in [2.75, 3.05) is 12.8 Å². The maximum Gasteiger partial charge on any atom is 0.257 e. The molecule has 1 unspecified atom stereocenters. The Labute approximate surface area is 128 Å². The summed E-state index contributed by atoms with van der Waals surface area (Å²) >= 11 is 7.78. The highest BCUT2D eigenvalue weighted by Crippen LogP contribution is 2.24. The van der Waals surface area contributed by atoms with Gasteiger partial charge < -0.3 is 10.6 Å². The Balaban J connectivity index is 2.16. The molecule has 3 nitrogen and oxygen atoms in total. The monoisotopic (exact) mass is 308 g/mol. The van der Waals surface area contributed by atoms with Gasteiger partial charge in [-0.3, -0.25) is 4.79 Å². The van der Waals surface area contributed by atoms with Crippen LogP contribution in [0.3, 0.4) is 0 Å². The van der Waals surface area contributed by atoms with Gasteiger partial charge in [0, 0.05) is 30.1 Å². The number of anilines is 1. The van der Waals surface area contributed by atoms with Crippen molar-refractivity contribution in [2.24, 2.45) is 0 Å². The lowest BCUT2D eigenvalue weighted by molar-refractivity contribution is 0.0745. The van der Waals surface area contributed by atoms with Gasteiger partial charge in [0.1, 0.15) is 0 Å². The third-order valence-corrected chi connectivity index (χ3v) is 4.53. The van der Waals surface area contributed by atoms with Crippen molar-refractivity contribution in [3.63, 3.8) is 0 Å². The van der Waals surface area contributed by atoms with E-state index in [1.165, 1.54) is 4.88 Å². The zero-order valence-electron chi connectivity index (χ0n) is 11.5. The average molecular weight is 309 g/mol. The molecule has 106 valence electrons. The third kappa shape index (κ3) is 3.14. The summed E-state index contributed by atoms with van der Waals surface area (Å²) in [7, 11) is 1.78. The topological polar surface area (TPSA) is 46.3 Å². The Bertz CT molecular complexity index is 578. The van der Waals surface area contributed by atoms with E-state index in [9.17, 15) is 4.79 Å². The van der Waals surface area contributed by atoms with Gasteiger partial charge in [-0.05, 0) is 30.5 Å². The summed E-state index contributed by atoms with van der Waals surface area (Å²) in [5, 5.41) is 2.43. The number of carbonyl (C=O) groups excluding carboxylic acids is 1. The summed E-state index contributed by atoms with van der Waals surface area (Å²) in [5.41, 5.74) is 6.66. The number of carbonyl (C=O) groups is 1. The van der Waals surface area contributed by atoms with E-state index < -0.39 is 0 Å². The van der Waals surface area contributed by atoms with Crippen LogP contribution in [-0.4, -0.2) is 23.9 Å². The molecule has 1 atom stereocenters. The van der Waals surface area contributed by atoms with Crippen LogP contribution in [0.1, 0.15) is 22.2 Å². The number of benzene rings is 1. The van der Waals surface area contributed by atoms with Crippen LogP contribution in [0.25, 0.3) is 0 Å². The minimum atomic E-state index is -0.142. The van der Waals surface area contributed by atoms with E-state index in [0.29, 0.717) is 16.3 Å². The first kappa shape index (κ1) is 14.9. The molecule has 1 aromatic heterocycles. The molecule has 1 heterocycles. The van der Waals surface area contributed by atoms with E-state index in [-0.39, 0.29) is 11.9 Å².